The topological polar surface area (TPSA) is 186 Å². The number of allylic oxidation sites excluding steroid dienone is 1. The lowest BCUT2D eigenvalue weighted by Gasteiger charge is -2.39. The van der Waals surface area contributed by atoms with Gasteiger partial charge >= 0.3 is 0 Å². The van der Waals surface area contributed by atoms with Crippen LogP contribution >= 0.6 is 0 Å². The summed E-state index contributed by atoms with van der Waals surface area (Å²) in [5.41, 5.74) is 18.6. The van der Waals surface area contributed by atoms with Gasteiger partial charge in [-0.15, -0.1) is 0 Å². The number of rotatable bonds is 12. The molecular formula is C43H60N10O4. The Morgan fingerprint density at radius 1 is 0.947 bits per heavy atom. The third-order valence-corrected chi connectivity index (χ3v) is 11.3. The summed E-state index contributed by atoms with van der Waals surface area (Å²) in [5, 5.41) is 14.3. The van der Waals surface area contributed by atoms with Gasteiger partial charge in [0.2, 0.25) is 5.88 Å². The Labute approximate surface area is 336 Å². The SMILES string of the molecule is CCC1c2c(cnn2C2CCC(Oc3cccc(C=O)n3)CC2)-c2cccc(NC(/C=C(\N)NC)=C(/N)C(=O)NC3CC3)c2N1C.CN1CCCC1.O=CC1CC1. The molecule has 5 aliphatic rings. The van der Waals surface area contributed by atoms with E-state index >= 15 is 0 Å². The molecule has 306 valence electrons. The van der Waals surface area contributed by atoms with Gasteiger partial charge in [0, 0.05) is 49.3 Å². The minimum atomic E-state index is -0.316. The van der Waals surface area contributed by atoms with Crippen molar-refractivity contribution in [2.45, 2.75) is 102 Å². The lowest BCUT2D eigenvalue weighted by Crippen LogP contribution is -2.34. The molecule has 1 saturated heterocycles. The number of likely N-dealkylation sites (tertiary alicyclic amines) is 1. The zero-order chi connectivity index (χ0) is 40.5. The van der Waals surface area contributed by atoms with Crippen molar-refractivity contribution >= 4 is 29.9 Å². The van der Waals surface area contributed by atoms with Crippen molar-refractivity contribution in [3.8, 4) is 17.0 Å². The molecule has 1 amide bonds. The molecule has 14 heteroatoms. The second-order valence-electron chi connectivity index (χ2n) is 15.7. The molecule has 4 heterocycles. The number of aldehydes is 2. The van der Waals surface area contributed by atoms with Crippen LogP contribution in [0.4, 0.5) is 11.4 Å². The fraction of sp³-hybridized carbons (Fsp3) is 0.512. The van der Waals surface area contributed by atoms with E-state index in [1.165, 1.54) is 31.6 Å². The summed E-state index contributed by atoms with van der Waals surface area (Å²) in [7, 11) is 6.00. The number of carbonyl (C=O) groups excluding carboxylic acids is 3. The van der Waals surface area contributed by atoms with Crippen molar-refractivity contribution in [3.05, 3.63) is 77.3 Å². The van der Waals surface area contributed by atoms with Gasteiger partial charge in [-0.05, 0) is 103 Å². The van der Waals surface area contributed by atoms with Crippen LogP contribution in [-0.2, 0) is 9.59 Å². The maximum absolute atomic E-state index is 12.9. The van der Waals surface area contributed by atoms with Crippen LogP contribution in [0.5, 0.6) is 5.88 Å². The molecule has 57 heavy (non-hydrogen) atoms. The number of aromatic nitrogens is 3. The van der Waals surface area contributed by atoms with Gasteiger partial charge in [0.1, 0.15) is 23.8 Å². The molecule has 3 saturated carbocycles. The van der Waals surface area contributed by atoms with Crippen molar-refractivity contribution in [2.75, 3.05) is 44.4 Å². The van der Waals surface area contributed by atoms with Gasteiger partial charge in [0.25, 0.3) is 5.91 Å². The normalized spacial score (nSPS) is 21.9. The van der Waals surface area contributed by atoms with Gasteiger partial charge < -0.3 is 46.7 Å². The molecule has 3 aromatic rings. The Bertz CT molecular complexity index is 1920. The molecule has 0 bridgehead atoms. The van der Waals surface area contributed by atoms with Crippen molar-refractivity contribution in [3.63, 3.8) is 0 Å². The number of fused-ring (bicyclic) bond motifs is 3. The molecule has 1 unspecified atom stereocenters. The smallest absolute Gasteiger partial charge is 0.269 e. The second-order valence-corrected chi connectivity index (χ2v) is 15.7. The zero-order valence-corrected chi connectivity index (χ0v) is 33.9. The minimum absolute atomic E-state index is 0.0445. The quantitative estimate of drug-likeness (QED) is 0.0896. The molecule has 14 nitrogen and oxygen atoms in total. The molecule has 4 fully saturated rings. The number of carbonyl (C=O) groups is 3. The predicted molar refractivity (Wildman–Crippen MR) is 223 cm³/mol. The van der Waals surface area contributed by atoms with Crippen LogP contribution in [0.1, 0.15) is 106 Å². The molecular weight excluding hydrogens is 721 g/mol. The van der Waals surface area contributed by atoms with Crippen LogP contribution in [-0.4, -0.2) is 84.5 Å². The van der Waals surface area contributed by atoms with Crippen LogP contribution in [0.3, 0.4) is 0 Å². The maximum Gasteiger partial charge on any atom is 0.269 e. The summed E-state index contributed by atoms with van der Waals surface area (Å²) in [4.78, 5) is 42.6. The van der Waals surface area contributed by atoms with Crippen molar-refractivity contribution in [2.24, 2.45) is 17.4 Å². The first-order valence-electron chi connectivity index (χ1n) is 20.5. The summed E-state index contributed by atoms with van der Waals surface area (Å²) in [6, 6.07) is 11.9. The van der Waals surface area contributed by atoms with E-state index in [2.05, 4.69) is 62.5 Å². The Morgan fingerprint density at radius 2 is 1.67 bits per heavy atom. The minimum Gasteiger partial charge on any atom is -0.474 e. The highest BCUT2D eigenvalue weighted by Gasteiger charge is 2.36. The number of nitrogens with two attached hydrogens (primary N) is 2. The van der Waals surface area contributed by atoms with Gasteiger partial charge in [0.15, 0.2) is 6.29 Å². The van der Waals surface area contributed by atoms with Gasteiger partial charge in [-0.2, -0.15) is 5.10 Å². The van der Waals surface area contributed by atoms with E-state index in [1.54, 1.807) is 31.3 Å². The largest absolute Gasteiger partial charge is 0.474 e. The summed E-state index contributed by atoms with van der Waals surface area (Å²) in [6.45, 7) is 4.83. The highest BCUT2D eigenvalue weighted by Crippen LogP contribution is 2.50. The number of pyridine rings is 1. The number of nitrogens with one attached hydrogen (secondary N) is 3. The molecule has 2 aromatic heterocycles. The molecule has 3 aliphatic carbocycles. The summed E-state index contributed by atoms with van der Waals surface area (Å²) >= 11 is 0. The third kappa shape index (κ3) is 10.5. The van der Waals surface area contributed by atoms with Gasteiger partial charge in [-0.25, -0.2) is 4.98 Å². The molecule has 1 atom stereocenters. The van der Waals surface area contributed by atoms with Crippen molar-refractivity contribution < 1.29 is 19.1 Å². The summed E-state index contributed by atoms with van der Waals surface area (Å²) in [5.74, 6) is 1.01. The van der Waals surface area contributed by atoms with Crippen molar-refractivity contribution in [1.29, 1.82) is 0 Å². The molecule has 2 aliphatic heterocycles. The molecule has 0 radical (unpaired) electrons. The van der Waals surface area contributed by atoms with E-state index in [0.29, 0.717) is 29.0 Å². The van der Waals surface area contributed by atoms with Crippen LogP contribution in [0, 0.1) is 5.92 Å². The van der Waals surface area contributed by atoms with Gasteiger partial charge in [-0.1, -0.05) is 25.1 Å². The summed E-state index contributed by atoms with van der Waals surface area (Å²) < 4.78 is 8.37. The van der Waals surface area contributed by atoms with E-state index in [4.69, 9.17) is 21.3 Å². The highest BCUT2D eigenvalue weighted by atomic mass is 16.5. The summed E-state index contributed by atoms with van der Waals surface area (Å²) in [6.07, 6.45) is 17.0. The number of anilines is 2. The van der Waals surface area contributed by atoms with E-state index in [1.807, 2.05) is 18.3 Å². The lowest BCUT2D eigenvalue weighted by molar-refractivity contribution is -0.117. The van der Waals surface area contributed by atoms with Crippen molar-refractivity contribution in [1.82, 2.24) is 30.3 Å². The van der Waals surface area contributed by atoms with Crippen LogP contribution < -0.4 is 37.1 Å². The molecule has 0 spiro atoms. The standard InChI is InChI=1S/C34H43N9O3.C5H11N.C4H6O/c1-4-28-33-25(18-38-43(33)22-13-15-23(16-14-22)46-30-10-5-7-21(19-44)39-30)24-8-6-9-26(32(24)42(28)3)41-27(17-29(35)37-2)31(36)34(45)40-20-11-12-20;1-6-4-2-3-5-6;5-3-4-1-2-4/h5-10,17-20,22-23,28,37,41H,4,11-16,35-36H2,1-3H3,(H,40,45);2-5H2,1H3;3-4H,1-2H2/b29-17+,31-27+;;. The number of hydrogen-bond acceptors (Lipinski definition) is 12. The highest BCUT2D eigenvalue weighted by molar-refractivity contribution is 5.96. The van der Waals surface area contributed by atoms with E-state index < -0.39 is 0 Å². The Kier molecular flexibility index (Phi) is 13.9. The Balaban J connectivity index is 0.000000430. The van der Waals surface area contributed by atoms with Crippen LogP contribution in [0.2, 0.25) is 0 Å². The van der Waals surface area contributed by atoms with E-state index in [-0.39, 0.29) is 35.8 Å². The second kappa shape index (κ2) is 19.2. The van der Waals surface area contributed by atoms with Gasteiger partial charge in [0.05, 0.1) is 46.9 Å². The van der Waals surface area contributed by atoms with Crippen LogP contribution in [0.15, 0.2) is 65.9 Å². The molecule has 8 rings (SSSR count). The number of para-hydroxylation sites is 1. The Morgan fingerprint density at radius 3 is 2.25 bits per heavy atom. The Hall–Kier alpha value is -5.37. The number of hydrogen-bond donors (Lipinski definition) is 5. The van der Waals surface area contributed by atoms with E-state index in [9.17, 15) is 14.4 Å². The predicted octanol–water partition coefficient (Wildman–Crippen LogP) is 5.41. The number of benzene rings is 1. The average Bonchev–Trinajstić information content (AvgIpc) is 4.15. The molecule has 7 N–H and O–H groups in total. The van der Waals surface area contributed by atoms with E-state index in [0.717, 1.165) is 92.9 Å². The van der Waals surface area contributed by atoms with Gasteiger partial charge in [-0.3, -0.25) is 14.3 Å². The molecule has 1 aromatic carbocycles. The number of ether oxygens (including phenoxy) is 1. The first-order chi connectivity index (χ1) is 27.6. The number of nitrogens with zero attached hydrogens (tertiary/aromatic N) is 5. The fourth-order valence-corrected chi connectivity index (χ4v) is 7.67. The van der Waals surface area contributed by atoms with Crippen LogP contribution in [0.25, 0.3) is 11.1 Å². The first kappa shape index (κ1) is 41.3. The third-order valence-electron chi connectivity index (χ3n) is 11.3. The maximum atomic E-state index is 12.9. The fourth-order valence-electron chi connectivity index (χ4n) is 7.67. The lowest BCUT2D eigenvalue weighted by atomic mass is 9.89. The first-order valence-corrected chi connectivity index (χ1v) is 20.5. The monoisotopic (exact) mass is 780 g/mol. The zero-order valence-electron chi connectivity index (χ0n) is 33.9. The average molecular weight is 781 g/mol. The number of amides is 1.